The second-order valence-corrected chi connectivity index (χ2v) is 5.05. The molecule has 1 unspecified atom stereocenters. The Kier molecular flexibility index (Phi) is 4.80. The van der Waals surface area contributed by atoms with Crippen molar-refractivity contribution in [3.05, 3.63) is 22.8 Å². The molecule has 1 aliphatic rings. The predicted molar refractivity (Wildman–Crippen MR) is 73.8 cm³/mol. The first-order valence-electron chi connectivity index (χ1n) is 6.49. The van der Waals surface area contributed by atoms with Crippen LogP contribution in [0.3, 0.4) is 0 Å². The van der Waals surface area contributed by atoms with Gasteiger partial charge in [-0.15, -0.1) is 0 Å². The van der Waals surface area contributed by atoms with Crippen molar-refractivity contribution in [2.45, 2.75) is 38.3 Å². The lowest BCUT2D eigenvalue weighted by atomic mass is 9.99. The number of hydrogen-bond donors (Lipinski definition) is 2. The normalized spacial score (nSPS) is 20.2. The summed E-state index contributed by atoms with van der Waals surface area (Å²) in [6.07, 6.45) is 5.96. The molecule has 0 aromatic carbocycles. The number of aliphatic hydroxyl groups excluding tert-OH is 1. The summed E-state index contributed by atoms with van der Waals surface area (Å²) in [5.74, 6) is 0.817. The third-order valence-corrected chi connectivity index (χ3v) is 3.94. The summed E-state index contributed by atoms with van der Waals surface area (Å²) in [6, 6.07) is 2.19. The molecular weight excluding hydrogens is 250 g/mol. The number of aliphatic hydroxyl groups is 1. The zero-order chi connectivity index (χ0) is 13.0. The van der Waals surface area contributed by atoms with Crippen LogP contribution in [0.15, 0.2) is 12.3 Å². The number of hydrogen-bond acceptors (Lipinski definition) is 4. The molecule has 1 aromatic rings. The predicted octanol–water partition coefficient (Wildman–Crippen LogP) is 1.94. The summed E-state index contributed by atoms with van der Waals surface area (Å²) in [4.78, 5) is 6.62. The van der Waals surface area contributed by atoms with Crippen molar-refractivity contribution in [1.82, 2.24) is 4.98 Å². The van der Waals surface area contributed by atoms with Crippen LogP contribution in [-0.2, 0) is 6.54 Å². The monoisotopic (exact) mass is 269 g/mol. The van der Waals surface area contributed by atoms with Gasteiger partial charge < -0.3 is 15.7 Å². The van der Waals surface area contributed by atoms with Crippen molar-refractivity contribution in [2.75, 3.05) is 18.1 Å². The minimum atomic E-state index is 0.204. The van der Waals surface area contributed by atoms with Gasteiger partial charge in [-0.05, 0) is 37.3 Å². The number of nitrogens with two attached hydrogens (primary N) is 1. The molecule has 0 bridgehead atoms. The smallest absolute Gasteiger partial charge is 0.147 e. The van der Waals surface area contributed by atoms with Gasteiger partial charge in [0.05, 0.1) is 5.02 Å². The number of pyridine rings is 1. The fraction of sp³-hybridized carbons (Fsp3) is 0.615. The summed E-state index contributed by atoms with van der Waals surface area (Å²) in [6.45, 7) is 1.58. The first-order valence-corrected chi connectivity index (χ1v) is 6.86. The fourth-order valence-electron chi connectivity index (χ4n) is 2.56. The van der Waals surface area contributed by atoms with Gasteiger partial charge in [-0.1, -0.05) is 11.6 Å². The molecule has 0 radical (unpaired) electrons. The molecule has 1 aliphatic heterocycles. The van der Waals surface area contributed by atoms with Crippen molar-refractivity contribution < 1.29 is 5.11 Å². The summed E-state index contributed by atoms with van der Waals surface area (Å²) in [5.41, 5.74) is 6.60. The molecule has 18 heavy (non-hydrogen) atoms. The van der Waals surface area contributed by atoms with Gasteiger partial charge in [0.2, 0.25) is 0 Å². The zero-order valence-corrected chi connectivity index (χ0v) is 11.2. The van der Waals surface area contributed by atoms with Crippen LogP contribution in [0.1, 0.15) is 31.2 Å². The summed E-state index contributed by atoms with van der Waals surface area (Å²) in [7, 11) is 0. The lowest BCUT2D eigenvalue weighted by Crippen LogP contribution is -2.41. The Bertz CT molecular complexity index is 398. The van der Waals surface area contributed by atoms with Crippen LogP contribution in [0.2, 0.25) is 5.02 Å². The minimum absolute atomic E-state index is 0.204. The van der Waals surface area contributed by atoms with Crippen molar-refractivity contribution in [3.63, 3.8) is 0 Å². The maximum Gasteiger partial charge on any atom is 0.147 e. The van der Waals surface area contributed by atoms with Gasteiger partial charge in [0, 0.05) is 31.9 Å². The summed E-state index contributed by atoms with van der Waals surface area (Å²) >= 11 is 6.36. The van der Waals surface area contributed by atoms with Crippen LogP contribution in [0, 0.1) is 0 Å². The highest BCUT2D eigenvalue weighted by molar-refractivity contribution is 6.33. The van der Waals surface area contributed by atoms with E-state index in [4.69, 9.17) is 22.4 Å². The van der Waals surface area contributed by atoms with Crippen molar-refractivity contribution in [2.24, 2.45) is 5.73 Å². The van der Waals surface area contributed by atoms with Gasteiger partial charge in [0.15, 0.2) is 0 Å². The van der Waals surface area contributed by atoms with Crippen molar-refractivity contribution in [1.29, 1.82) is 0 Å². The Morgan fingerprint density at radius 2 is 2.33 bits per heavy atom. The molecule has 0 amide bonds. The van der Waals surface area contributed by atoms with E-state index >= 15 is 0 Å². The highest BCUT2D eigenvalue weighted by Gasteiger charge is 2.25. The van der Waals surface area contributed by atoms with Crippen LogP contribution in [0.4, 0.5) is 5.82 Å². The lowest BCUT2D eigenvalue weighted by molar-refractivity contribution is 0.262. The van der Waals surface area contributed by atoms with Gasteiger partial charge in [0.1, 0.15) is 5.82 Å². The van der Waals surface area contributed by atoms with Gasteiger partial charge in [-0.3, -0.25) is 0 Å². The summed E-state index contributed by atoms with van der Waals surface area (Å²) in [5, 5.41) is 9.81. The molecule has 5 heteroatoms. The number of rotatable bonds is 4. The maximum absolute atomic E-state index is 9.15. The van der Waals surface area contributed by atoms with Gasteiger partial charge >= 0.3 is 0 Å². The van der Waals surface area contributed by atoms with E-state index in [2.05, 4.69) is 9.88 Å². The molecule has 2 heterocycles. The molecule has 0 aliphatic carbocycles. The molecule has 1 fully saturated rings. The third-order valence-electron chi connectivity index (χ3n) is 3.53. The van der Waals surface area contributed by atoms with E-state index in [0.717, 1.165) is 37.2 Å². The average Bonchev–Trinajstić information content (AvgIpc) is 2.40. The van der Waals surface area contributed by atoms with E-state index in [9.17, 15) is 0 Å². The quantitative estimate of drug-likeness (QED) is 0.877. The Morgan fingerprint density at radius 3 is 3.06 bits per heavy atom. The Balaban J connectivity index is 2.27. The van der Waals surface area contributed by atoms with Crippen LogP contribution in [0.5, 0.6) is 0 Å². The van der Waals surface area contributed by atoms with Gasteiger partial charge in [0.25, 0.3) is 0 Å². The number of piperidine rings is 1. The topological polar surface area (TPSA) is 62.4 Å². The SMILES string of the molecule is NCc1ccnc(N2CCCCC2CCO)c1Cl. The number of halogens is 1. The summed E-state index contributed by atoms with van der Waals surface area (Å²) < 4.78 is 0. The highest BCUT2D eigenvalue weighted by atomic mass is 35.5. The lowest BCUT2D eigenvalue weighted by Gasteiger charge is -2.37. The Labute approximate surface area is 113 Å². The minimum Gasteiger partial charge on any atom is -0.396 e. The molecular formula is C13H20ClN3O. The zero-order valence-electron chi connectivity index (χ0n) is 10.5. The average molecular weight is 270 g/mol. The second kappa shape index (κ2) is 6.36. The van der Waals surface area contributed by atoms with E-state index in [-0.39, 0.29) is 6.61 Å². The standard InChI is InChI=1S/C13H20ClN3O/c14-12-10(9-15)4-6-16-13(12)17-7-2-1-3-11(17)5-8-18/h4,6,11,18H,1-3,5,7-9,15H2. The molecule has 0 saturated carbocycles. The second-order valence-electron chi connectivity index (χ2n) is 4.67. The van der Waals surface area contributed by atoms with E-state index in [1.165, 1.54) is 6.42 Å². The van der Waals surface area contributed by atoms with Crippen LogP contribution in [-0.4, -0.2) is 29.3 Å². The maximum atomic E-state index is 9.15. The molecule has 2 rings (SSSR count). The van der Waals surface area contributed by atoms with E-state index in [1.54, 1.807) is 6.20 Å². The molecule has 0 spiro atoms. The van der Waals surface area contributed by atoms with Crippen molar-refractivity contribution in [3.8, 4) is 0 Å². The van der Waals surface area contributed by atoms with Gasteiger partial charge in [-0.25, -0.2) is 4.98 Å². The van der Waals surface area contributed by atoms with E-state index in [1.807, 2.05) is 6.07 Å². The molecule has 4 nitrogen and oxygen atoms in total. The third kappa shape index (κ3) is 2.76. The van der Waals surface area contributed by atoms with E-state index in [0.29, 0.717) is 17.6 Å². The first-order chi connectivity index (χ1) is 8.77. The van der Waals surface area contributed by atoms with Crippen molar-refractivity contribution >= 4 is 17.4 Å². The van der Waals surface area contributed by atoms with Crippen LogP contribution >= 0.6 is 11.6 Å². The highest BCUT2D eigenvalue weighted by Crippen LogP contribution is 2.32. The first kappa shape index (κ1) is 13.6. The number of anilines is 1. The molecule has 100 valence electrons. The van der Waals surface area contributed by atoms with Gasteiger partial charge in [-0.2, -0.15) is 0 Å². The Hall–Kier alpha value is -0.840. The Morgan fingerprint density at radius 1 is 1.50 bits per heavy atom. The van der Waals surface area contributed by atoms with Crippen LogP contribution < -0.4 is 10.6 Å². The largest absolute Gasteiger partial charge is 0.396 e. The van der Waals surface area contributed by atoms with E-state index < -0.39 is 0 Å². The van der Waals surface area contributed by atoms with Crippen LogP contribution in [0.25, 0.3) is 0 Å². The number of nitrogens with zero attached hydrogens (tertiary/aromatic N) is 2. The number of aromatic nitrogens is 1. The fourth-order valence-corrected chi connectivity index (χ4v) is 2.86. The molecule has 3 N–H and O–H groups in total. The molecule has 1 atom stereocenters. The molecule has 1 saturated heterocycles. The molecule has 1 aromatic heterocycles.